The Morgan fingerprint density at radius 1 is 1.04 bits per heavy atom. The molecule has 1 unspecified atom stereocenters. The van der Waals surface area contributed by atoms with E-state index in [1.807, 2.05) is 26.0 Å². The Hall–Kier alpha value is -2.95. The maximum absolute atomic E-state index is 12.5. The summed E-state index contributed by atoms with van der Waals surface area (Å²) in [6.45, 7) is 5.86. The van der Waals surface area contributed by atoms with Crippen molar-refractivity contribution < 1.29 is 14.4 Å². The fraction of sp³-hybridized carbons (Fsp3) is 0.286. The molecule has 0 bridgehead atoms. The van der Waals surface area contributed by atoms with Crippen molar-refractivity contribution in [2.45, 2.75) is 27.2 Å². The Morgan fingerprint density at radius 3 is 2.23 bits per heavy atom. The minimum absolute atomic E-state index is 0.0200. The summed E-state index contributed by atoms with van der Waals surface area (Å²) in [6.07, 6.45) is 0.199. The maximum atomic E-state index is 12.5. The van der Waals surface area contributed by atoms with Gasteiger partial charge in [-0.05, 0) is 68.3 Å². The van der Waals surface area contributed by atoms with E-state index in [0.29, 0.717) is 17.8 Å². The average molecular weight is 350 g/mol. The lowest BCUT2D eigenvalue weighted by atomic mass is 10.1. The number of amides is 2. The van der Waals surface area contributed by atoms with E-state index in [4.69, 9.17) is 0 Å². The fourth-order valence-electron chi connectivity index (χ4n) is 3.27. The van der Waals surface area contributed by atoms with Gasteiger partial charge in [0.2, 0.25) is 11.8 Å². The minimum Gasteiger partial charge on any atom is -0.326 e. The summed E-state index contributed by atoms with van der Waals surface area (Å²) in [4.78, 5) is 37.9. The van der Waals surface area contributed by atoms with Crippen molar-refractivity contribution in [1.29, 1.82) is 0 Å². The molecule has 1 aliphatic rings. The van der Waals surface area contributed by atoms with Gasteiger partial charge in [-0.3, -0.25) is 14.4 Å². The van der Waals surface area contributed by atoms with Gasteiger partial charge >= 0.3 is 0 Å². The summed E-state index contributed by atoms with van der Waals surface area (Å²) in [6, 6.07) is 12.7. The molecule has 5 nitrogen and oxygen atoms in total. The zero-order chi connectivity index (χ0) is 18.8. The molecule has 0 radical (unpaired) electrons. The van der Waals surface area contributed by atoms with Gasteiger partial charge in [-0.25, -0.2) is 0 Å². The third kappa shape index (κ3) is 3.82. The number of aryl methyl sites for hydroxylation is 2. The monoisotopic (exact) mass is 350 g/mol. The summed E-state index contributed by atoms with van der Waals surface area (Å²) in [5, 5.41) is 2.84. The highest BCUT2D eigenvalue weighted by atomic mass is 16.2. The molecule has 3 rings (SSSR count). The number of rotatable bonds is 4. The first kappa shape index (κ1) is 17.9. The molecule has 1 heterocycles. The number of hydrogen-bond acceptors (Lipinski definition) is 3. The first-order valence-corrected chi connectivity index (χ1v) is 8.64. The van der Waals surface area contributed by atoms with Gasteiger partial charge < -0.3 is 10.2 Å². The Balaban J connectivity index is 1.69. The molecule has 5 heteroatoms. The summed E-state index contributed by atoms with van der Waals surface area (Å²) in [7, 11) is 0. The number of hydrogen-bond donors (Lipinski definition) is 1. The number of ketones is 1. The van der Waals surface area contributed by atoms with Crippen LogP contribution in [0.15, 0.2) is 42.5 Å². The molecule has 1 aliphatic heterocycles. The largest absolute Gasteiger partial charge is 0.326 e. The number of anilines is 2. The van der Waals surface area contributed by atoms with Crippen molar-refractivity contribution in [1.82, 2.24) is 0 Å². The Kier molecular flexibility index (Phi) is 4.89. The van der Waals surface area contributed by atoms with Crippen LogP contribution in [0.25, 0.3) is 0 Å². The van der Waals surface area contributed by atoms with Gasteiger partial charge in [0.15, 0.2) is 5.78 Å². The van der Waals surface area contributed by atoms with E-state index in [-0.39, 0.29) is 24.0 Å². The highest BCUT2D eigenvalue weighted by Gasteiger charge is 2.35. The number of benzene rings is 2. The number of carbonyl (C=O) groups is 3. The fourth-order valence-corrected chi connectivity index (χ4v) is 3.27. The molecule has 1 fully saturated rings. The van der Waals surface area contributed by atoms with Gasteiger partial charge in [0.1, 0.15) is 0 Å². The molecule has 26 heavy (non-hydrogen) atoms. The van der Waals surface area contributed by atoms with Gasteiger partial charge in [-0.1, -0.05) is 6.07 Å². The van der Waals surface area contributed by atoms with Crippen LogP contribution in [0.5, 0.6) is 0 Å². The first-order chi connectivity index (χ1) is 12.3. The maximum Gasteiger partial charge on any atom is 0.229 e. The molecule has 0 saturated carbocycles. The van der Waals surface area contributed by atoms with E-state index in [0.717, 1.165) is 16.8 Å². The molecular formula is C21H22N2O3. The summed E-state index contributed by atoms with van der Waals surface area (Å²) in [5.41, 5.74) is 4.24. The van der Waals surface area contributed by atoms with Gasteiger partial charge in [0.25, 0.3) is 0 Å². The zero-order valence-corrected chi connectivity index (χ0v) is 15.2. The van der Waals surface area contributed by atoms with E-state index in [9.17, 15) is 14.4 Å². The van der Waals surface area contributed by atoms with Crippen molar-refractivity contribution in [3.05, 3.63) is 59.2 Å². The van der Waals surface area contributed by atoms with Crippen LogP contribution in [0.3, 0.4) is 0 Å². The molecule has 2 aromatic rings. The summed E-state index contributed by atoms with van der Waals surface area (Å²) in [5.74, 6) is -0.632. The van der Waals surface area contributed by atoms with Crippen molar-refractivity contribution in [2.24, 2.45) is 5.92 Å². The minimum atomic E-state index is -0.393. The van der Waals surface area contributed by atoms with Gasteiger partial charge in [-0.15, -0.1) is 0 Å². The molecule has 2 amide bonds. The van der Waals surface area contributed by atoms with Crippen LogP contribution >= 0.6 is 0 Å². The molecule has 2 aromatic carbocycles. The standard InChI is InChI=1S/C21H22N2O3/c1-13-8-14(2)10-19(9-13)23-12-17(11-20(23)25)21(26)22-18-6-4-16(5-7-18)15(3)24/h4-10,17H,11-12H2,1-3H3,(H,22,26). The first-order valence-electron chi connectivity index (χ1n) is 8.64. The second kappa shape index (κ2) is 7.12. The van der Waals surface area contributed by atoms with Crippen molar-refractivity contribution >= 4 is 29.0 Å². The average Bonchev–Trinajstić information content (AvgIpc) is 2.96. The quantitative estimate of drug-likeness (QED) is 0.858. The number of Topliss-reactive ketones (excluding diaryl/α,β-unsaturated/α-hetero) is 1. The molecule has 1 saturated heterocycles. The van der Waals surface area contributed by atoms with E-state index in [2.05, 4.69) is 11.4 Å². The van der Waals surface area contributed by atoms with Crippen molar-refractivity contribution in [3.63, 3.8) is 0 Å². The Labute approximate surface area is 153 Å². The number of carbonyl (C=O) groups excluding carboxylic acids is 3. The van der Waals surface area contributed by atoms with Crippen LogP contribution in [0.1, 0.15) is 34.8 Å². The van der Waals surface area contributed by atoms with Crippen LogP contribution < -0.4 is 10.2 Å². The van der Waals surface area contributed by atoms with Gasteiger partial charge in [-0.2, -0.15) is 0 Å². The highest BCUT2D eigenvalue weighted by molar-refractivity contribution is 6.03. The lowest BCUT2D eigenvalue weighted by Gasteiger charge is -2.18. The van der Waals surface area contributed by atoms with Crippen LogP contribution in [0.4, 0.5) is 11.4 Å². The molecule has 1 N–H and O–H groups in total. The Bertz CT molecular complexity index is 851. The molecular weight excluding hydrogens is 328 g/mol. The number of nitrogens with one attached hydrogen (secondary N) is 1. The van der Waals surface area contributed by atoms with Gasteiger partial charge in [0, 0.05) is 29.9 Å². The topological polar surface area (TPSA) is 66.5 Å². The summed E-state index contributed by atoms with van der Waals surface area (Å²) >= 11 is 0. The second-order valence-electron chi connectivity index (χ2n) is 6.87. The lowest BCUT2D eigenvalue weighted by Crippen LogP contribution is -2.28. The molecule has 0 spiro atoms. The van der Waals surface area contributed by atoms with Crippen LogP contribution in [-0.4, -0.2) is 24.1 Å². The van der Waals surface area contributed by atoms with E-state index < -0.39 is 5.92 Å². The summed E-state index contributed by atoms with van der Waals surface area (Å²) < 4.78 is 0. The van der Waals surface area contributed by atoms with Crippen LogP contribution in [0, 0.1) is 19.8 Å². The Morgan fingerprint density at radius 2 is 1.65 bits per heavy atom. The number of nitrogens with zero attached hydrogens (tertiary/aromatic N) is 1. The van der Waals surface area contributed by atoms with E-state index >= 15 is 0 Å². The molecule has 134 valence electrons. The predicted octanol–water partition coefficient (Wildman–Crippen LogP) is 3.50. The second-order valence-corrected chi connectivity index (χ2v) is 6.87. The molecule has 0 aliphatic carbocycles. The van der Waals surface area contributed by atoms with Gasteiger partial charge in [0.05, 0.1) is 5.92 Å². The third-order valence-electron chi connectivity index (χ3n) is 4.57. The molecule has 0 aromatic heterocycles. The van der Waals surface area contributed by atoms with Crippen molar-refractivity contribution in [3.8, 4) is 0 Å². The predicted molar refractivity (Wildman–Crippen MR) is 101 cm³/mol. The smallest absolute Gasteiger partial charge is 0.229 e. The third-order valence-corrected chi connectivity index (χ3v) is 4.57. The van der Waals surface area contributed by atoms with E-state index in [1.54, 1.807) is 29.2 Å². The molecule has 1 atom stereocenters. The van der Waals surface area contributed by atoms with Crippen LogP contribution in [0.2, 0.25) is 0 Å². The highest BCUT2D eigenvalue weighted by Crippen LogP contribution is 2.27. The van der Waals surface area contributed by atoms with Crippen LogP contribution in [-0.2, 0) is 9.59 Å². The van der Waals surface area contributed by atoms with E-state index in [1.165, 1.54) is 6.92 Å². The normalized spacial score (nSPS) is 16.7. The van der Waals surface area contributed by atoms with Crippen molar-refractivity contribution in [2.75, 3.05) is 16.8 Å². The zero-order valence-electron chi connectivity index (χ0n) is 15.2. The lowest BCUT2D eigenvalue weighted by molar-refractivity contribution is -0.122. The SMILES string of the molecule is CC(=O)c1ccc(NC(=O)C2CC(=O)N(c3cc(C)cc(C)c3)C2)cc1.